The summed E-state index contributed by atoms with van der Waals surface area (Å²) in [6.45, 7) is 4.20. The van der Waals surface area contributed by atoms with E-state index < -0.39 is 0 Å². The van der Waals surface area contributed by atoms with E-state index in [1.807, 2.05) is 0 Å². The van der Waals surface area contributed by atoms with Gasteiger partial charge in [-0.25, -0.2) is 0 Å². The highest BCUT2D eigenvalue weighted by molar-refractivity contribution is 4.95. The average Bonchev–Trinajstić information content (AvgIpc) is 2.24. The summed E-state index contributed by atoms with van der Waals surface area (Å²) >= 11 is 0. The summed E-state index contributed by atoms with van der Waals surface area (Å²) < 4.78 is 5.55. The SMILES string of the molecule is CC1CCC(N)(C2CCCOC2)CC1. The normalized spacial score (nSPS) is 45.0. The Morgan fingerprint density at radius 2 is 1.93 bits per heavy atom. The molecule has 0 spiro atoms. The molecule has 2 aliphatic rings. The van der Waals surface area contributed by atoms with Crippen LogP contribution in [-0.4, -0.2) is 18.8 Å². The molecule has 1 aliphatic heterocycles. The minimum atomic E-state index is 0.104. The smallest absolute Gasteiger partial charge is 0.0511 e. The molecule has 14 heavy (non-hydrogen) atoms. The highest BCUT2D eigenvalue weighted by Crippen LogP contribution is 2.38. The van der Waals surface area contributed by atoms with E-state index in [0.29, 0.717) is 5.92 Å². The van der Waals surface area contributed by atoms with Gasteiger partial charge in [0.15, 0.2) is 0 Å². The van der Waals surface area contributed by atoms with E-state index in [-0.39, 0.29) is 5.54 Å². The maximum atomic E-state index is 6.52. The van der Waals surface area contributed by atoms with Crippen LogP contribution < -0.4 is 5.73 Å². The van der Waals surface area contributed by atoms with Crippen LogP contribution in [-0.2, 0) is 4.74 Å². The van der Waals surface area contributed by atoms with Crippen LogP contribution >= 0.6 is 0 Å². The van der Waals surface area contributed by atoms with Crippen LogP contribution in [0.25, 0.3) is 0 Å². The number of nitrogens with two attached hydrogens (primary N) is 1. The van der Waals surface area contributed by atoms with Crippen LogP contribution in [0.3, 0.4) is 0 Å². The minimum absolute atomic E-state index is 0.104. The van der Waals surface area contributed by atoms with E-state index in [4.69, 9.17) is 10.5 Å². The van der Waals surface area contributed by atoms with Gasteiger partial charge in [0.2, 0.25) is 0 Å². The van der Waals surface area contributed by atoms with E-state index in [1.165, 1.54) is 38.5 Å². The molecule has 82 valence electrons. The lowest BCUT2D eigenvalue weighted by Gasteiger charge is -2.43. The van der Waals surface area contributed by atoms with Crippen LogP contribution in [0.4, 0.5) is 0 Å². The van der Waals surface area contributed by atoms with Crippen molar-refractivity contribution in [3.8, 4) is 0 Å². The molecule has 0 aromatic carbocycles. The van der Waals surface area contributed by atoms with Crippen LogP contribution in [0.1, 0.15) is 45.4 Å². The second-order valence-electron chi connectivity index (χ2n) is 5.33. The van der Waals surface area contributed by atoms with Gasteiger partial charge < -0.3 is 10.5 Å². The van der Waals surface area contributed by atoms with Crippen molar-refractivity contribution >= 4 is 0 Å². The van der Waals surface area contributed by atoms with E-state index >= 15 is 0 Å². The lowest BCUT2D eigenvalue weighted by molar-refractivity contribution is 0.00699. The summed E-state index contributed by atoms with van der Waals surface area (Å²) in [5.41, 5.74) is 6.62. The van der Waals surface area contributed by atoms with Gasteiger partial charge in [-0.05, 0) is 44.4 Å². The van der Waals surface area contributed by atoms with Crippen molar-refractivity contribution < 1.29 is 4.74 Å². The molecule has 0 aromatic heterocycles. The van der Waals surface area contributed by atoms with Gasteiger partial charge in [-0.1, -0.05) is 6.92 Å². The first-order valence-corrected chi connectivity index (χ1v) is 6.07. The number of rotatable bonds is 1. The summed E-state index contributed by atoms with van der Waals surface area (Å²) in [5.74, 6) is 1.51. The molecule has 2 rings (SSSR count). The van der Waals surface area contributed by atoms with Crippen molar-refractivity contribution in [2.45, 2.75) is 51.0 Å². The van der Waals surface area contributed by atoms with E-state index in [0.717, 1.165) is 19.1 Å². The maximum Gasteiger partial charge on any atom is 0.0511 e. The first-order valence-electron chi connectivity index (χ1n) is 6.07. The summed E-state index contributed by atoms with van der Waals surface area (Å²) in [7, 11) is 0. The lowest BCUT2D eigenvalue weighted by atomic mass is 9.69. The van der Waals surface area contributed by atoms with E-state index in [2.05, 4.69) is 6.92 Å². The third-order valence-electron chi connectivity index (χ3n) is 4.18. The number of ether oxygens (including phenoxy) is 1. The Morgan fingerprint density at radius 3 is 2.50 bits per heavy atom. The van der Waals surface area contributed by atoms with Gasteiger partial charge in [-0.15, -0.1) is 0 Å². The molecule has 2 heteroatoms. The Balaban J connectivity index is 1.93. The Labute approximate surface area is 87.2 Å². The van der Waals surface area contributed by atoms with Crippen molar-refractivity contribution in [1.29, 1.82) is 0 Å². The summed E-state index contributed by atoms with van der Waals surface area (Å²) in [6, 6.07) is 0. The molecule has 1 saturated carbocycles. The molecule has 1 aliphatic carbocycles. The zero-order valence-electron chi connectivity index (χ0n) is 9.30. The van der Waals surface area contributed by atoms with Crippen molar-refractivity contribution in [1.82, 2.24) is 0 Å². The quantitative estimate of drug-likeness (QED) is 0.700. The molecule has 1 heterocycles. The molecule has 0 bridgehead atoms. The predicted octanol–water partition coefficient (Wildman–Crippen LogP) is 2.32. The third-order valence-corrected chi connectivity index (χ3v) is 4.18. The summed E-state index contributed by atoms with van der Waals surface area (Å²) in [4.78, 5) is 0. The molecule has 1 unspecified atom stereocenters. The fourth-order valence-electron chi connectivity index (χ4n) is 2.90. The fraction of sp³-hybridized carbons (Fsp3) is 1.00. The molecule has 1 atom stereocenters. The number of hydrogen-bond donors (Lipinski definition) is 1. The third kappa shape index (κ3) is 2.12. The van der Waals surface area contributed by atoms with Gasteiger partial charge in [0.05, 0.1) is 6.61 Å². The van der Waals surface area contributed by atoms with Crippen LogP contribution in [0.2, 0.25) is 0 Å². The van der Waals surface area contributed by atoms with E-state index in [1.54, 1.807) is 0 Å². The van der Waals surface area contributed by atoms with Gasteiger partial charge in [0, 0.05) is 18.1 Å². The Morgan fingerprint density at radius 1 is 1.21 bits per heavy atom. The zero-order chi connectivity index (χ0) is 10.0. The Hall–Kier alpha value is -0.0800. The standard InChI is InChI=1S/C12H23NO/c1-10-4-6-12(13,7-5-10)11-3-2-8-14-9-11/h10-11H,2-9,13H2,1H3. The Kier molecular flexibility index (Phi) is 3.13. The van der Waals surface area contributed by atoms with Gasteiger partial charge in [0.25, 0.3) is 0 Å². The van der Waals surface area contributed by atoms with Crippen molar-refractivity contribution in [2.75, 3.05) is 13.2 Å². The molecule has 2 nitrogen and oxygen atoms in total. The second kappa shape index (κ2) is 4.19. The zero-order valence-corrected chi connectivity index (χ0v) is 9.30. The molecule has 0 aromatic rings. The highest BCUT2D eigenvalue weighted by Gasteiger charge is 2.38. The van der Waals surface area contributed by atoms with Crippen molar-refractivity contribution in [3.63, 3.8) is 0 Å². The van der Waals surface area contributed by atoms with Crippen molar-refractivity contribution in [2.24, 2.45) is 17.6 Å². The molecular formula is C12H23NO. The largest absolute Gasteiger partial charge is 0.381 e. The molecule has 2 N–H and O–H groups in total. The number of hydrogen-bond acceptors (Lipinski definition) is 2. The van der Waals surface area contributed by atoms with Gasteiger partial charge in [-0.3, -0.25) is 0 Å². The maximum absolute atomic E-state index is 6.52. The predicted molar refractivity (Wildman–Crippen MR) is 58.1 cm³/mol. The first-order chi connectivity index (χ1) is 6.71. The monoisotopic (exact) mass is 197 g/mol. The lowest BCUT2D eigenvalue weighted by Crippen LogP contribution is -2.52. The van der Waals surface area contributed by atoms with Crippen LogP contribution in [0.15, 0.2) is 0 Å². The van der Waals surface area contributed by atoms with Gasteiger partial charge >= 0.3 is 0 Å². The van der Waals surface area contributed by atoms with E-state index in [9.17, 15) is 0 Å². The molecule has 0 amide bonds. The Bertz CT molecular complexity index is 179. The average molecular weight is 197 g/mol. The summed E-state index contributed by atoms with van der Waals surface area (Å²) in [5, 5.41) is 0. The van der Waals surface area contributed by atoms with Crippen LogP contribution in [0.5, 0.6) is 0 Å². The second-order valence-corrected chi connectivity index (χ2v) is 5.33. The van der Waals surface area contributed by atoms with Gasteiger partial charge in [0.1, 0.15) is 0 Å². The first kappa shape index (κ1) is 10.4. The molecule has 1 saturated heterocycles. The van der Waals surface area contributed by atoms with Crippen LogP contribution in [0, 0.1) is 11.8 Å². The minimum Gasteiger partial charge on any atom is -0.381 e. The summed E-state index contributed by atoms with van der Waals surface area (Å²) in [6.07, 6.45) is 7.54. The molecular weight excluding hydrogens is 174 g/mol. The van der Waals surface area contributed by atoms with Gasteiger partial charge in [-0.2, -0.15) is 0 Å². The highest BCUT2D eigenvalue weighted by atomic mass is 16.5. The van der Waals surface area contributed by atoms with Crippen molar-refractivity contribution in [3.05, 3.63) is 0 Å². The molecule has 2 fully saturated rings. The molecule has 0 radical (unpaired) electrons. The fourth-order valence-corrected chi connectivity index (χ4v) is 2.90. The topological polar surface area (TPSA) is 35.2 Å².